The van der Waals surface area contributed by atoms with Crippen molar-refractivity contribution in [2.75, 3.05) is 13.7 Å². The molecule has 0 aromatic heterocycles. The van der Waals surface area contributed by atoms with Crippen LogP contribution in [-0.4, -0.2) is 24.5 Å². The van der Waals surface area contributed by atoms with E-state index >= 15 is 0 Å². The van der Waals surface area contributed by atoms with Crippen LogP contribution in [0.3, 0.4) is 0 Å². The topological polar surface area (TPSA) is 29.5 Å². The second kappa shape index (κ2) is 7.45. The first-order chi connectivity index (χ1) is 10.5. The number of likely N-dealkylation sites (N-methyl/N-ethyl adjacent to an activating group) is 1. The van der Waals surface area contributed by atoms with E-state index < -0.39 is 0 Å². The van der Waals surface area contributed by atoms with E-state index in [-0.39, 0.29) is 12.5 Å². The predicted molar refractivity (Wildman–Crippen MR) is 92.0 cm³/mol. The number of carbonyl (C=O) groups excluding carboxylic acids is 1. The van der Waals surface area contributed by atoms with Crippen LogP contribution in [0.1, 0.15) is 16.7 Å². The number of benzene rings is 2. The van der Waals surface area contributed by atoms with Crippen molar-refractivity contribution in [3.8, 4) is 5.75 Å². The molecule has 2 aromatic carbocycles. The number of nitrogens with zero attached hydrogens (tertiary/aromatic N) is 1. The molecule has 0 aliphatic heterocycles. The van der Waals surface area contributed by atoms with E-state index in [0.29, 0.717) is 6.54 Å². The fraction of sp³-hybridized carbons (Fsp3) is 0.278. The number of aryl methyl sites for hydroxylation is 2. The number of hydrogen-bond acceptors (Lipinski definition) is 2. The quantitative estimate of drug-likeness (QED) is 0.801. The summed E-state index contributed by atoms with van der Waals surface area (Å²) in [5.74, 6) is 0.762. The molecule has 0 aliphatic carbocycles. The lowest BCUT2D eigenvalue weighted by Crippen LogP contribution is -2.31. The Morgan fingerprint density at radius 2 is 1.68 bits per heavy atom. The van der Waals surface area contributed by atoms with Gasteiger partial charge in [-0.1, -0.05) is 46.3 Å². The van der Waals surface area contributed by atoms with Gasteiger partial charge < -0.3 is 9.64 Å². The Hall–Kier alpha value is -1.81. The molecule has 4 heteroatoms. The van der Waals surface area contributed by atoms with E-state index in [1.165, 1.54) is 0 Å². The summed E-state index contributed by atoms with van der Waals surface area (Å²) in [5, 5.41) is 0. The van der Waals surface area contributed by atoms with Gasteiger partial charge in [-0.15, -0.1) is 0 Å². The Bertz CT molecular complexity index is 632. The van der Waals surface area contributed by atoms with E-state index in [4.69, 9.17) is 4.74 Å². The van der Waals surface area contributed by atoms with Gasteiger partial charge in [-0.25, -0.2) is 0 Å². The zero-order valence-electron chi connectivity index (χ0n) is 13.1. The normalized spacial score (nSPS) is 10.4. The zero-order chi connectivity index (χ0) is 16.1. The molecule has 0 aliphatic rings. The molecule has 0 unspecified atom stereocenters. The average molecular weight is 362 g/mol. The van der Waals surface area contributed by atoms with Gasteiger partial charge in [-0.3, -0.25) is 4.79 Å². The molecule has 0 radical (unpaired) electrons. The fourth-order valence-electron chi connectivity index (χ4n) is 2.22. The zero-order valence-corrected chi connectivity index (χ0v) is 14.7. The Labute approximate surface area is 140 Å². The van der Waals surface area contributed by atoms with Gasteiger partial charge in [0.25, 0.3) is 5.91 Å². The molecule has 3 nitrogen and oxygen atoms in total. The highest BCUT2D eigenvalue weighted by atomic mass is 79.9. The van der Waals surface area contributed by atoms with Crippen molar-refractivity contribution in [3.05, 3.63) is 63.6 Å². The van der Waals surface area contributed by atoms with Crippen LogP contribution in [0.4, 0.5) is 0 Å². The average Bonchev–Trinajstić information content (AvgIpc) is 2.48. The Kier molecular flexibility index (Phi) is 5.61. The number of rotatable bonds is 5. The highest BCUT2D eigenvalue weighted by Crippen LogP contribution is 2.22. The summed E-state index contributed by atoms with van der Waals surface area (Å²) in [4.78, 5) is 13.9. The minimum Gasteiger partial charge on any atom is -0.483 e. The van der Waals surface area contributed by atoms with Crippen LogP contribution < -0.4 is 4.74 Å². The van der Waals surface area contributed by atoms with E-state index in [9.17, 15) is 4.79 Å². The predicted octanol–water partition coefficient (Wildman–Crippen LogP) is 4.10. The van der Waals surface area contributed by atoms with Crippen LogP contribution >= 0.6 is 15.9 Å². The Balaban J connectivity index is 1.93. The van der Waals surface area contributed by atoms with Crippen molar-refractivity contribution in [1.82, 2.24) is 4.90 Å². The molecule has 0 spiro atoms. The molecule has 0 heterocycles. The standard InChI is InChI=1S/C18H20BrNO2/c1-13-5-4-6-14(2)18(13)22-12-17(21)20(3)11-15-7-9-16(19)10-8-15/h4-10H,11-12H2,1-3H3. The van der Waals surface area contributed by atoms with E-state index in [2.05, 4.69) is 15.9 Å². The third kappa shape index (κ3) is 4.34. The third-order valence-electron chi connectivity index (χ3n) is 3.51. The maximum atomic E-state index is 12.2. The molecule has 1 amide bonds. The first kappa shape index (κ1) is 16.6. The molecule has 0 saturated carbocycles. The molecular formula is C18H20BrNO2. The van der Waals surface area contributed by atoms with Crippen molar-refractivity contribution >= 4 is 21.8 Å². The van der Waals surface area contributed by atoms with E-state index in [1.807, 2.05) is 56.3 Å². The lowest BCUT2D eigenvalue weighted by atomic mass is 10.1. The summed E-state index contributed by atoms with van der Waals surface area (Å²) in [5.41, 5.74) is 3.18. The smallest absolute Gasteiger partial charge is 0.260 e. The minimum atomic E-state index is -0.0365. The van der Waals surface area contributed by atoms with Crippen LogP contribution in [0.15, 0.2) is 46.9 Å². The lowest BCUT2D eigenvalue weighted by molar-refractivity contribution is -0.132. The summed E-state index contributed by atoms with van der Waals surface area (Å²) in [6, 6.07) is 13.9. The van der Waals surface area contributed by atoms with Crippen LogP contribution in [0, 0.1) is 13.8 Å². The molecule has 0 bridgehead atoms. The molecule has 116 valence electrons. The van der Waals surface area contributed by atoms with Gasteiger partial charge in [0.1, 0.15) is 5.75 Å². The maximum absolute atomic E-state index is 12.2. The Morgan fingerprint density at radius 1 is 1.09 bits per heavy atom. The number of carbonyl (C=O) groups is 1. The van der Waals surface area contributed by atoms with Gasteiger partial charge in [0.15, 0.2) is 6.61 Å². The van der Waals surface area contributed by atoms with E-state index in [1.54, 1.807) is 11.9 Å². The van der Waals surface area contributed by atoms with Crippen molar-refractivity contribution in [2.24, 2.45) is 0 Å². The SMILES string of the molecule is Cc1cccc(C)c1OCC(=O)N(C)Cc1ccc(Br)cc1. The van der Waals surface area contributed by atoms with Crippen molar-refractivity contribution < 1.29 is 9.53 Å². The molecule has 2 aromatic rings. The number of ether oxygens (including phenoxy) is 1. The number of para-hydroxylation sites is 1. The molecule has 0 saturated heterocycles. The molecule has 0 atom stereocenters. The molecule has 22 heavy (non-hydrogen) atoms. The number of amides is 1. The van der Waals surface area contributed by atoms with Crippen molar-refractivity contribution in [3.63, 3.8) is 0 Å². The molecule has 2 rings (SSSR count). The maximum Gasteiger partial charge on any atom is 0.260 e. The summed E-state index contributed by atoms with van der Waals surface area (Å²) >= 11 is 3.40. The highest BCUT2D eigenvalue weighted by molar-refractivity contribution is 9.10. The van der Waals surface area contributed by atoms with Gasteiger partial charge in [-0.05, 0) is 42.7 Å². The Morgan fingerprint density at radius 3 is 2.27 bits per heavy atom. The van der Waals surface area contributed by atoms with Crippen molar-refractivity contribution in [1.29, 1.82) is 0 Å². The summed E-state index contributed by atoms with van der Waals surface area (Å²) in [6.45, 7) is 4.59. The molecule has 0 fully saturated rings. The highest BCUT2D eigenvalue weighted by Gasteiger charge is 2.12. The lowest BCUT2D eigenvalue weighted by Gasteiger charge is -2.18. The largest absolute Gasteiger partial charge is 0.483 e. The number of halogens is 1. The first-order valence-electron chi connectivity index (χ1n) is 7.15. The van der Waals surface area contributed by atoms with Gasteiger partial charge >= 0.3 is 0 Å². The fourth-order valence-corrected chi connectivity index (χ4v) is 2.49. The second-order valence-electron chi connectivity index (χ2n) is 5.39. The second-order valence-corrected chi connectivity index (χ2v) is 6.30. The molecule has 0 N–H and O–H groups in total. The van der Waals surface area contributed by atoms with Crippen LogP contribution in [0.25, 0.3) is 0 Å². The van der Waals surface area contributed by atoms with Gasteiger partial charge in [0.2, 0.25) is 0 Å². The van der Waals surface area contributed by atoms with Gasteiger partial charge in [0, 0.05) is 18.1 Å². The monoisotopic (exact) mass is 361 g/mol. The summed E-state index contributed by atoms with van der Waals surface area (Å²) in [7, 11) is 1.79. The number of hydrogen-bond donors (Lipinski definition) is 0. The summed E-state index contributed by atoms with van der Waals surface area (Å²) < 4.78 is 6.74. The van der Waals surface area contributed by atoms with Gasteiger partial charge in [-0.2, -0.15) is 0 Å². The van der Waals surface area contributed by atoms with Crippen LogP contribution in [-0.2, 0) is 11.3 Å². The first-order valence-corrected chi connectivity index (χ1v) is 7.94. The van der Waals surface area contributed by atoms with Crippen LogP contribution in [0.5, 0.6) is 5.75 Å². The van der Waals surface area contributed by atoms with E-state index in [0.717, 1.165) is 26.9 Å². The van der Waals surface area contributed by atoms with Crippen LogP contribution in [0.2, 0.25) is 0 Å². The van der Waals surface area contributed by atoms with Crippen molar-refractivity contribution in [2.45, 2.75) is 20.4 Å². The third-order valence-corrected chi connectivity index (χ3v) is 4.04. The summed E-state index contributed by atoms with van der Waals surface area (Å²) in [6.07, 6.45) is 0. The molecular weight excluding hydrogens is 342 g/mol. The van der Waals surface area contributed by atoms with Gasteiger partial charge in [0.05, 0.1) is 0 Å². The minimum absolute atomic E-state index is 0.0365.